The van der Waals surface area contributed by atoms with Gasteiger partial charge in [0.2, 0.25) is 0 Å². The summed E-state index contributed by atoms with van der Waals surface area (Å²) in [4.78, 5) is 14.8. The maximum absolute atomic E-state index is 13.4. The molecular weight excluding hydrogens is 259 g/mol. The summed E-state index contributed by atoms with van der Waals surface area (Å²) >= 11 is 5.36. The van der Waals surface area contributed by atoms with Gasteiger partial charge in [-0.25, -0.2) is 22.9 Å². The van der Waals surface area contributed by atoms with Crippen molar-refractivity contribution in [3.63, 3.8) is 0 Å². The summed E-state index contributed by atoms with van der Waals surface area (Å²) in [6.45, 7) is 1.62. The SMILES string of the molecule is CCOC(=O)c1cc(C(F)F)c(F)c(CCl)n1. The molecular formula is C10H9ClF3NO2. The quantitative estimate of drug-likeness (QED) is 0.622. The van der Waals surface area contributed by atoms with E-state index in [0.29, 0.717) is 6.07 Å². The average molecular weight is 268 g/mol. The smallest absolute Gasteiger partial charge is 0.356 e. The third-order valence-electron chi connectivity index (χ3n) is 1.90. The highest BCUT2D eigenvalue weighted by Gasteiger charge is 2.22. The summed E-state index contributed by atoms with van der Waals surface area (Å²) in [7, 11) is 0. The predicted octanol–water partition coefficient (Wildman–Crippen LogP) is 3.07. The number of carbonyl (C=O) groups is 1. The van der Waals surface area contributed by atoms with E-state index >= 15 is 0 Å². The number of hydrogen-bond donors (Lipinski definition) is 0. The van der Waals surface area contributed by atoms with Crippen molar-refractivity contribution in [3.05, 3.63) is 28.8 Å². The molecule has 0 spiro atoms. The summed E-state index contributed by atoms with van der Waals surface area (Å²) in [5, 5.41) is 0. The van der Waals surface area contributed by atoms with E-state index in [9.17, 15) is 18.0 Å². The first-order valence-electron chi connectivity index (χ1n) is 4.71. The van der Waals surface area contributed by atoms with Gasteiger partial charge in [-0.05, 0) is 13.0 Å². The van der Waals surface area contributed by atoms with Crippen LogP contribution in [0, 0.1) is 5.82 Å². The van der Waals surface area contributed by atoms with Crippen molar-refractivity contribution in [2.75, 3.05) is 6.61 Å². The topological polar surface area (TPSA) is 39.2 Å². The molecule has 3 nitrogen and oxygen atoms in total. The summed E-state index contributed by atoms with van der Waals surface area (Å²) in [5.41, 5.74) is -1.68. The Morgan fingerprint density at radius 1 is 1.59 bits per heavy atom. The van der Waals surface area contributed by atoms with Crippen LogP contribution in [-0.4, -0.2) is 17.6 Å². The van der Waals surface area contributed by atoms with Crippen molar-refractivity contribution >= 4 is 17.6 Å². The Balaban J connectivity index is 3.25. The molecule has 0 saturated heterocycles. The second kappa shape index (κ2) is 5.86. The summed E-state index contributed by atoms with van der Waals surface area (Å²) in [6, 6.07) is 0.675. The molecule has 0 unspecified atom stereocenters. The largest absolute Gasteiger partial charge is 0.461 e. The maximum Gasteiger partial charge on any atom is 0.356 e. The Morgan fingerprint density at radius 2 is 2.24 bits per heavy atom. The molecule has 1 heterocycles. The molecule has 0 radical (unpaired) electrons. The number of esters is 1. The van der Waals surface area contributed by atoms with E-state index in [1.165, 1.54) is 0 Å². The standard InChI is InChI=1S/C10H9ClF3NO2/c1-2-17-10(16)6-3-5(9(13)14)8(12)7(4-11)15-6/h3,9H,2,4H2,1H3. The molecule has 0 amide bonds. The lowest BCUT2D eigenvalue weighted by molar-refractivity contribution is 0.0518. The second-order valence-electron chi connectivity index (χ2n) is 3.01. The molecule has 1 aromatic heterocycles. The molecule has 1 rings (SSSR count). The molecule has 0 aliphatic rings. The van der Waals surface area contributed by atoms with Gasteiger partial charge in [-0.1, -0.05) is 0 Å². The molecule has 0 aliphatic heterocycles. The molecule has 0 aliphatic carbocycles. The molecule has 94 valence electrons. The van der Waals surface area contributed by atoms with Gasteiger partial charge in [0.15, 0.2) is 5.82 Å². The number of hydrogen-bond acceptors (Lipinski definition) is 3. The average Bonchev–Trinajstić information content (AvgIpc) is 2.29. The lowest BCUT2D eigenvalue weighted by Crippen LogP contribution is -2.11. The number of pyridine rings is 1. The zero-order valence-electron chi connectivity index (χ0n) is 8.84. The monoisotopic (exact) mass is 267 g/mol. The molecule has 0 fully saturated rings. The number of alkyl halides is 3. The second-order valence-corrected chi connectivity index (χ2v) is 3.28. The van der Waals surface area contributed by atoms with Crippen molar-refractivity contribution in [3.8, 4) is 0 Å². The predicted molar refractivity (Wildman–Crippen MR) is 54.7 cm³/mol. The van der Waals surface area contributed by atoms with Crippen molar-refractivity contribution in [2.24, 2.45) is 0 Å². The van der Waals surface area contributed by atoms with Gasteiger partial charge in [0.1, 0.15) is 5.69 Å². The number of ether oxygens (including phenoxy) is 1. The van der Waals surface area contributed by atoms with Crippen molar-refractivity contribution in [2.45, 2.75) is 19.2 Å². The van der Waals surface area contributed by atoms with Gasteiger partial charge < -0.3 is 4.74 Å². The molecule has 7 heteroatoms. The first-order valence-corrected chi connectivity index (χ1v) is 5.25. The van der Waals surface area contributed by atoms with Crippen molar-refractivity contribution < 1.29 is 22.7 Å². The van der Waals surface area contributed by atoms with Crippen molar-refractivity contribution in [1.82, 2.24) is 4.98 Å². The number of nitrogens with zero attached hydrogens (tertiary/aromatic N) is 1. The molecule has 17 heavy (non-hydrogen) atoms. The minimum Gasteiger partial charge on any atom is -0.461 e. The van der Waals surface area contributed by atoms with Crippen LogP contribution in [0.4, 0.5) is 13.2 Å². The summed E-state index contributed by atoms with van der Waals surface area (Å²) in [6.07, 6.45) is -3.05. The van der Waals surface area contributed by atoms with Gasteiger partial charge in [-0.3, -0.25) is 0 Å². The van der Waals surface area contributed by atoms with Crippen LogP contribution in [-0.2, 0) is 10.6 Å². The van der Waals surface area contributed by atoms with Crippen LogP contribution in [0.3, 0.4) is 0 Å². The molecule has 0 N–H and O–H groups in total. The highest BCUT2D eigenvalue weighted by molar-refractivity contribution is 6.16. The molecule has 0 atom stereocenters. The van der Waals surface area contributed by atoms with Gasteiger partial charge in [0, 0.05) is 0 Å². The highest BCUT2D eigenvalue weighted by atomic mass is 35.5. The zero-order valence-corrected chi connectivity index (χ0v) is 9.60. The van der Waals surface area contributed by atoms with E-state index in [1.54, 1.807) is 6.92 Å². The first kappa shape index (κ1) is 13.8. The van der Waals surface area contributed by atoms with Crippen LogP contribution in [0.5, 0.6) is 0 Å². The minimum atomic E-state index is -3.05. The van der Waals surface area contributed by atoms with Crippen molar-refractivity contribution in [1.29, 1.82) is 0 Å². The van der Waals surface area contributed by atoms with E-state index in [0.717, 1.165) is 0 Å². The van der Waals surface area contributed by atoms with E-state index in [2.05, 4.69) is 9.72 Å². The lowest BCUT2D eigenvalue weighted by Gasteiger charge is -2.08. The van der Waals surface area contributed by atoms with Crippen LogP contribution < -0.4 is 0 Å². The molecule has 1 aromatic rings. The summed E-state index contributed by atoms with van der Waals surface area (Å²) in [5.74, 6) is -2.48. The van der Waals surface area contributed by atoms with Gasteiger partial charge in [0.25, 0.3) is 6.43 Å². The Morgan fingerprint density at radius 3 is 2.71 bits per heavy atom. The Kier molecular flexibility index (Phi) is 4.74. The van der Waals surface area contributed by atoms with Gasteiger partial charge in [-0.2, -0.15) is 0 Å². The fraction of sp³-hybridized carbons (Fsp3) is 0.400. The van der Waals surface area contributed by atoms with E-state index in [1.807, 2.05) is 0 Å². The number of aromatic nitrogens is 1. The molecule has 0 bridgehead atoms. The Hall–Kier alpha value is -1.30. The van der Waals surface area contributed by atoms with E-state index in [4.69, 9.17) is 11.6 Å². The third-order valence-corrected chi connectivity index (χ3v) is 2.15. The fourth-order valence-corrected chi connectivity index (χ4v) is 1.34. The van der Waals surface area contributed by atoms with Gasteiger partial charge >= 0.3 is 5.97 Å². The van der Waals surface area contributed by atoms with Crippen LogP contribution in [0.2, 0.25) is 0 Å². The summed E-state index contributed by atoms with van der Waals surface area (Å²) < 4.78 is 43.0. The number of carbonyl (C=O) groups excluding carboxylic acids is 1. The molecule has 0 aromatic carbocycles. The first-order chi connectivity index (χ1) is 8.01. The molecule has 0 saturated carbocycles. The fourth-order valence-electron chi connectivity index (χ4n) is 1.16. The number of halogens is 4. The lowest BCUT2D eigenvalue weighted by atomic mass is 10.2. The van der Waals surface area contributed by atoms with Gasteiger partial charge in [-0.15, -0.1) is 11.6 Å². The van der Waals surface area contributed by atoms with E-state index < -0.39 is 35.3 Å². The Bertz CT molecular complexity index is 426. The maximum atomic E-state index is 13.4. The zero-order chi connectivity index (χ0) is 13.0. The van der Waals surface area contributed by atoms with Crippen LogP contribution in [0.1, 0.15) is 35.1 Å². The van der Waals surface area contributed by atoms with Crippen LogP contribution in [0.15, 0.2) is 6.07 Å². The third kappa shape index (κ3) is 3.09. The van der Waals surface area contributed by atoms with Gasteiger partial charge in [0.05, 0.1) is 23.7 Å². The minimum absolute atomic E-state index is 0.0676. The van der Waals surface area contributed by atoms with Crippen LogP contribution >= 0.6 is 11.6 Å². The normalized spacial score (nSPS) is 10.7. The highest BCUT2D eigenvalue weighted by Crippen LogP contribution is 2.25. The Labute approximate surface area is 101 Å². The number of rotatable bonds is 4. The van der Waals surface area contributed by atoms with Crippen LogP contribution in [0.25, 0.3) is 0 Å². The van der Waals surface area contributed by atoms with E-state index in [-0.39, 0.29) is 12.3 Å².